The maximum Gasteiger partial charge on any atom is 0.343 e. The van der Waals surface area contributed by atoms with E-state index >= 15 is 0 Å². The van der Waals surface area contributed by atoms with Gasteiger partial charge in [-0.3, -0.25) is 4.79 Å². The first-order valence-electron chi connectivity index (χ1n) is 12.3. The molecule has 0 aliphatic heterocycles. The summed E-state index contributed by atoms with van der Waals surface area (Å²) in [5, 5.41) is 5.13. The Morgan fingerprint density at radius 2 is 1.62 bits per heavy atom. The molecule has 0 radical (unpaired) electrons. The largest absolute Gasteiger partial charge is 0.421 e. The van der Waals surface area contributed by atoms with Gasteiger partial charge in [-0.25, -0.2) is 10.2 Å². The van der Waals surface area contributed by atoms with Gasteiger partial charge in [0.25, 0.3) is 5.91 Å². The van der Waals surface area contributed by atoms with E-state index in [1.165, 1.54) is 6.21 Å². The average molecular weight is 660 g/mol. The molecule has 0 aliphatic rings. The Kier molecular flexibility index (Phi) is 8.14. The molecule has 0 saturated heterocycles. The number of carbonyl (C=O) groups is 2. The summed E-state index contributed by atoms with van der Waals surface area (Å²) >= 11 is 6.92. The summed E-state index contributed by atoms with van der Waals surface area (Å²) in [6, 6.07) is 28.0. The van der Waals surface area contributed by atoms with E-state index in [0.29, 0.717) is 21.3 Å². The van der Waals surface area contributed by atoms with Gasteiger partial charge in [-0.15, -0.1) is 0 Å². The van der Waals surface area contributed by atoms with E-state index in [9.17, 15) is 9.59 Å². The molecule has 7 nitrogen and oxygen atoms in total. The van der Waals surface area contributed by atoms with Crippen LogP contribution in [0.15, 0.2) is 105 Å². The van der Waals surface area contributed by atoms with Crippen LogP contribution in [0.5, 0.6) is 5.75 Å². The monoisotopic (exact) mass is 658 g/mol. The Balaban J connectivity index is 1.46. The number of nitrogens with one attached hydrogen (secondary N) is 2. The van der Waals surface area contributed by atoms with E-state index in [2.05, 4.69) is 53.4 Å². The van der Waals surface area contributed by atoms with Gasteiger partial charge in [0.2, 0.25) is 0 Å². The highest BCUT2D eigenvalue weighted by Gasteiger charge is 2.20. The predicted octanol–water partition coefficient (Wildman–Crippen LogP) is 7.41. The first kappa shape index (κ1) is 27.4. The summed E-state index contributed by atoms with van der Waals surface area (Å²) < 4.78 is 6.98. The standard InChI is InChI=1S/C31H24Br2N4O3/c1-37(2)23-13-14-26-24(17-23)27(19-9-5-3-6-10-19)28(35-26)30(38)36-34-18-21-15-22(32)16-25(33)29(21)40-31(39)20-11-7-4-8-12-20/h3-18,35H,1-2H3,(H,36,38). The van der Waals surface area contributed by atoms with Crippen molar-refractivity contribution in [2.45, 2.75) is 0 Å². The number of esters is 1. The number of nitrogens with zero attached hydrogens (tertiary/aromatic N) is 2. The summed E-state index contributed by atoms with van der Waals surface area (Å²) in [6.45, 7) is 0. The highest BCUT2D eigenvalue weighted by molar-refractivity contribution is 9.11. The van der Waals surface area contributed by atoms with E-state index in [1.54, 1.807) is 36.4 Å². The lowest BCUT2D eigenvalue weighted by Gasteiger charge is -2.12. The second-order valence-electron chi connectivity index (χ2n) is 9.13. The first-order valence-corrected chi connectivity index (χ1v) is 13.9. The van der Waals surface area contributed by atoms with Crippen molar-refractivity contribution < 1.29 is 14.3 Å². The van der Waals surface area contributed by atoms with Crippen LogP contribution in [0.25, 0.3) is 22.0 Å². The molecule has 9 heteroatoms. The number of benzene rings is 4. The van der Waals surface area contributed by atoms with Crippen molar-refractivity contribution in [3.05, 3.63) is 117 Å². The molecule has 200 valence electrons. The van der Waals surface area contributed by atoms with Crippen molar-refractivity contribution in [2.75, 3.05) is 19.0 Å². The Labute approximate surface area is 248 Å². The van der Waals surface area contributed by atoms with Gasteiger partial charge in [-0.1, -0.05) is 64.5 Å². The van der Waals surface area contributed by atoms with Crippen molar-refractivity contribution in [3.8, 4) is 16.9 Å². The Morgan fingerprint density at radius 3 is 2.33 bits per heavy atom. The number of carbonyl (C=O) groups excluding carboxylic acids is 2. The number of amides is 1. The fourth-order valence-corrected chi connectivity index (χ4v) is 5.60. The van der Waals surface area contributed by atoms with Crippen LogP contribution < -0.4 is 15.1 Å². The van der Waals surface area contributed by atoms with Crippen LogP contribution in [0.4, 0.5) is 5.69 Å². The maximum absolute atomic E-state index is 13.4. The van der Waals surface area contributed by atoms with Gasteiger partial charge in [0.1, 0.15) is 5.69 Å². The summed E-state index contributed by atoms with van der Waals surface area (Å²) in [6.07, 6.45) is 1.44. The van der Waals surface area contributed by atoms with Gasteiger partial charge in [-0.05, 0) is 64.0 Å². The topological polar surface area (TPSA) is 86.8 Å². The minimum atomic E-state index is -0.509. The Morgan fingerprint density at radius 1 is 0.925 bits per heavy atom. The zero-order valence-electron chi connectivity index (χ0n) is 21.6. The number of fused-ring (bicyclic) bond motifs is 1. The summed E-state index contributed by atoms with van der Waals surface area (Å²) in [5.74, 6) is -0.638. The highest BCUT2D eigenvalue weighted by Crippen LogP contribution is 2.35. The normalized spacial score (nSPS) is 11.1. The molecule has 0 aliphatic carbocycles. The number of halogens is 2. The molecule has 1 amide bonds. The molecule has 0 bridgehead atoms. The lowest BCUT2D eigenvalue weighted by atomic mass is 10.0. The fraction of sp³-hybridized carbons (Fsp3) is 0.0645. The third-order valence-electron chi connectivity index (χ3n) is 6.20. The van der Waals surface area contributed by atoms with Crippen molar-refractivity contribution in [3.63, 3.8) is 0 Å². The van der Waals surface area contributed by atoms with Gasteiger partial charge in [0, 0.05) is 46.3 Å². The van der Waals surface area contributed by atoms with Crippen LogP contribution in [0.3, 0.4) is 0 Å². The van der Waals surface area contributed by atoms with E-state index in [-0.39, 0.29) is 5.75 Å². The average Bonchev–Trinajstić information content (AvgIpc) is 3.34. The minimum Gasteiger partial charge on any atom is -0.421 e. The molecule has 0 atom stereocenters. The quantitative estimate of drug-likeness (QED) is 0.0825. The van der Waals surface area contributed by atoms with Gasteiger partial charge in [0.05, 0.1) is 16.3 Å². The zero-order valence-corrected chi connectivity index (χ0v) is 24.8. The van der Waals surface area contributed by atoms with E-state index < -0.39 is 11.9 Å². The molecule has 5 rings (SSSR count). The number of H-pyrrole nitrogens is 1. The van der Waals surface area contributed by atoms with Crippen LogP contribution in [0.2, 0.25) is 0 Å². The number of aromatic amines is 1. The lowest BCUT2D eigenvalue weighted by Crippen LogP contribution is -2.19. The molecule has 5 aromatic rings. The molecule has 2 N–H and O–H groups in total. The van der Waals surface area contributed by atoms with Crippen molar-refractivity contribution in [1.29, 1.82) is 0 Å². The van der Waals surface area contributed by atoms with Crippen molar-refractivity contribution >= 4 is 66.5 Å². The summed E-state index contributed by atoms with van der Waals surface area (Å²) in [7, 11) is 3.95. The second-order valence-corrected chi connectivity index (χ2v) is 10.9. The third-order valence-corrected chi connectivity index (χ3v) is 7.25. The predicted molar refractivity (Wildman–Crippen MR) is 166 cm³/mol. The zero-order chi connectivity index (χ0) is 28.2. The minimum absolute atomic E-state index is 0.279. The summed E-state index contributed by atoms with van der Waals surface area (Å²) in [4.78, 5) is 31.4. The van der Waals surface area contributed by atoms with Gasteiger partial charge >= 0.3 is 5.97 Å². The molecular weight excluding hydrogens is 636 g/mol. The van der Waals surface area contributed by atoms with Gasteiger partial charge in [-0.2, -0.15) is 5.10 Å². The van der Waals surface area contributed by atoms with E-state index in [4.69, 9.17) is 4.74 Å². The summed E-state index contributed by atoms with van der Waals surface area (Å²) in [5.41, 5.74) is 7.47. The fourth-order valence-electron chi connectivity index (χ4n) is 4.26. The first-order chi connectivity index (χ1) is 19.3. The Hall–Kier alpha value is -4.21. The van der Waals surface area contributed by atoms with Gasteiger partial charge in [0.15, 0.2) is 5.75 Å². The van der Waals surface area contributed by atoms with Crippen LogP contribution in [0, 0.1) is 0 Å². The maximum atomic E-state index is 13.4. The van der Waals surface area contributed by atoms with Crippen LogP contribution >= 0.6 is 31.9 Å². The van der Waals surface area contributed by atoms with Gasteiger partial charge < -0.3 is 14.6 Å². The molecule has 4 aromatic carbocycles. The smallest absolute Gasteiger partial charge is 0.343 e. The number of ether oxygens (including phenoxy) is 1. The Bertz CT molecular complexity index is 1730. The SMILES string of the molecule is CN(C)c1ccc2[nH]c(C(=O)NN=Cc3cc(Br)cc(Br)c3OC(=O)c3ccccc3)c(-c3ccccc3)c2c1. The van der Waals surface area contributed by atoms with Crippen molar-refractivity contribution in [2.24, 2.45) is 5.10 Å². The molecule has 0 fully saturated rings. The molecule has 1 aromatic heterocycles. The second kappa shape index (κ2) is 11.9. The molecule has 40 heavy (non-hydrogen) atoms. The molecule has 0 unspecified atom stereocenters. The van der Waals surface area contributed by atoms with Crippen LogP contribution in [0.1, 0.15) is 26.4 Å². The number of anilines is 1. The number of hydrogen-bond donors (Lipinski definition) is 2. The molecule has 0 spiro atoms. The number of rotatable bonds is 7. The lowest BCUT2D eigenvalue weighted by molar-refractivity contribution is 0.0733. The van der Waals surface area contributed by atoms with Crippen LogP contribution in [-0.4, -0.2) is 37.2 Å². The molecule has 0 saturated carbocycles. The number of hydrogen-bond acceptors (Lipinski definition) is 5. The van der Waals surface area contributed by atoms with Crippen LogP contribution in [-0.2, 0) is 0 Å². The number of hydrazone groups is 1. The number of aromatic nitrogens is 1. The highest BCUT2D eigenvalue weighted by atomic mass is 79.9. The molecule has 1 heterocycles. The van der Waals surface area contributed by atoms with Crippen molar-refractivity contribution in [1.82, 2.24) is 10.4 Å². The third kappa shape index (κ3) is 5.85. The molecular formula is C31H24Br2N4O3. The van der Waals surface area contributed by atoms with E-state index in [0.717, 1.165) is 32.2 Å². The van der Waals surface area contributed by atoms with E-state index in [1.807, 2.05) is 67.5 Å².